The fraction of sp³-hybridized carbons (Fsp3) is 0.560. The van der Waals surface area contributed by atoms with Gasteiger partial charge in [-0.3, -0.25) is 24.8 Å². The molecule has 0 aliphatic rings. The molecule has 0 fully saturated rings. The van der Waals surface area contributed by atoms with E-state index in [1.807, 2.05) is 64.1 Å². The highest BCUT2D eigenvalue weighted by Crippen LogP contribution is 2.26. The third kappa shape index (κ3) is 9.37. The normalized spacial score (nSPS) is 13.6. The average molecular weight is 431 g/mol. The molecule has 31 heavy (non-hydrogen) atoms. The molecule has 6 nitrogen and oxygen atoms in total. The van der Waals surface area contributed by atoms with E-state index in [0.29, 0.717) is 13.0 Å². The van der Waals surface area contributed by atoms with Crippen LogP contribution in [0.2, 0.25) is 0 Å². The maximum absolute atomic E-state index is 13.2. The number of carboxylic acid groups (broad SMARTS) is 1. The summed E-state index contributed by atoms with van der Waals surface area (Å²) in [6.45, 7) is 11.8. The number of nitrogens with zero attached hydrogens (tertiary/aromatic N) is 1. The molecule has 0 saturated carbocycles. The molecular formula is C25H38N2O4. The van der Waals surface area contributed by atoms with Crippen molar-refractivity contribution >= 4 is 23.9 Å². The van der Waals surface area contributed by atoms with Gasteiger partial charge in [-0.05, 0) is 30.2 Å². The Morgan fingerprint density at radius 1 is 0.968 bits per heavy atom. The lowest BCUT2D eigenvalue weighted by Crippen LogP contribution is -2.52. The van der Waals surface area contributed by atoms with Gasteiger partial charge in [0.15, 0.2) is 0 Å². The summed E-state index contributed by atoms with van der Waals surface area (Å²) in [7, 11) is 0. The number of hydrogen-bond donors (Lipinski definition) is 2. The Morgan fingerprint density at radius 2 is 1.58 bits per heavy atom. The number of aliphatic carboxylic acids is 1. The molecule has 0 saturated heterocycles. The van der Waals surface area contributed by atoms with Gasteiger partial charge in [-0.15, -0.1) is 0 Å². The van der Waals surface area contributed by atoms with E-state index in [0.717, 1.165) is 5.56 Å². The van der Waals surface area contributed by atoms with Gasteiger partial charge in [0.2, 0.25) is 11.8 Å². The van der Waals surface area contributed by atoms with Crippen LogP contribution < -0.4 is 5.43 Å². The van der Waals surface area contributed by atoms with E-state index >= 15 is 0 Å². The Morgan fingerprint density at radius 3 is 2.06 bits per heavy atom. The number of nitrogens with one attached hydrogen (secondary N) is 1. The molecule has 0 aromatic heterocycles. The Hall–Kier alpha value is -2.63. The van der Waals surface area contributed by atoms with Gasteiger partial charge in [0.1, 0.15) is 0 Å². The number of benzene rings is 1. The van der Waals surface area contributed by atoms with Crippen LogP contribution >= 0.6 is 0 Å². The lowest BCUT2D eigenvalue weighted by molar-refractivity contribution is -0.152. The van der Waals surface area contributed by atoms with E-state index in [9.17, 15) is 19.5 Å². The van der Waals surface area contributed by atoms with E-state index in [4.69, 9.17) is 0 Å². The largest absolute Gasteiger partial charge is 0.481 e. The third-order valence-corrected chi connectivity index (χ3v) is 4.92. The number of hydrogen-bond acceptors (Lipinski definition) is 3. The highest BCUT2D eigenvalue weighted by Gasteiger charge is 2.35. The van der Waals surface area contributed by atoms with Crippen molar-refractivity contribution < 1.29 is 19.5 Å². The first kappa shape index (κ1) is 26.4. The minimum absolute atomic E-state index is 0.134. The lowest BCUT2D eigenvalue weighted by Gasteiger charge is -2.31. The number of carboxylic acids is 1. The Labute approximate surface area is 186 Å². The highest BCUT2D eigenvalue weighted by molar-refractivity contribution is 5.87. The van der Waals surface area contributed by atoms with Gasteiger partial charge in [-0.2, -0.15) is 0 Å². The van der Waals surface area contributed by atoms with Crippen molar-refractivity contribution in [3.63, 3.8) is 0 Å². The van der Waals surface area contributed by atoms with Crippen LogP contribution in [0.1, 0.15) is 59.9 Å². The van der Waals surface area contributed by atoms with Crippen molar-refractivity contribution in [3.05, 3.63) is 42.0 Å². The second-order valence-electron chi connectivity index (χ2n) is 9.20. The molecule has 1 aromatic rings. The molecule has 0 spiro atoms. The number of carbonyl (C=O) groups is 3. The summed E-state index contributed by atoms with van der Waals surface area (Å²) >= 11 is 0. The SMILES string of the molecule is CC(C)C[C@@H](C(=O)NN(CC(C)C)C(=O)C(C)C)[C@H](CC=Cc1ccccc1)C(=O)O. The van der Waals surface area contributed by atoms with E-state index in [-0.39, 0.29) is 30.1 Å². The Bertz CT molecular complexity index is 741. The van der Waals surface area contributed by atoms with Crippen LogP contribution in [0.15, 0.2) is 36.4 Å². The van der Waals surface area contributed by atoms with Gasteiger partial charge in [0.25, 0.3) is 0 Å². The highest BCUT2D eigenvalue weighted by atomic mass is 16.4. The lowest BCUT2D eigenvalue weighted by atomic mass is 9.82. The van der Waals surface area contributed by atoms with Gasteiger partial charge in [-0.25, -0.2) is 0 Å². The molecule has 0 radical (unpaired) electrons. The Kier molecular flexibility index (Phi) is 11.0. The fourth-order valence-corrected chi connectivity index (χ4v) is 3.40. The van der Waals surface area contributed by atoms with Crippen LogP contribution in [0.4, 0.5) is 0 Å². The second kappa shape index (κ2) is 12.9. The minimum Gasteiger partial charge on any atom is -0.481 e. The van der Waals surface area contributed by atoms with E-state index in [2.05, 4.69) is 5.43 Å². The predicted molar refractivity (Wildman–Crippen MR) is 124 cm³/mol. The molecule has 172 valence electrons. The van der Waals surface area contributed by atoms with E-state index in [1.54, 1.807) is 19.9 Å². The smallest absolute Gasteiger partial charge is 0.307 e. The van der Waals surface area contributed by atoms with Gasteiger partial charge in [0, 0.05) is 12.5 Å². The van der Waals surface area contributed by atoms with Crippen molar-refractivity contribution in [3.8, 4) is 0 Å². The van der Waals surface area contributed by atoms with Crippen molar-refractivity contribution in [2.24, 2.45) is 29.6 Å². The quantitative estimate of drug-likeness (QED) is 0.501. The van der Waals surface area contributed by atoms with E-state index in [1.165, 1.54) is 5.01 Å². The fourth-order valence-electron chi connectivity index (χ4n) is 3.40. The zero-order chi connectivity index (χ0) is 23.6. The van der Waals surface area contributed by atoms with Crippen LogP contribution in [-0.4, -0.2) is 34.4 Å². The van der Waals surface area contributed by atoms with Gasteiger partial charge >= 0.3 is 5.97 Å². The second-order valence-corrected chi connectivity index (χ2v) is 9.20. The molecule has 0 bridgehead atoms. The standard InChI is InChI=1S/C25H38N2O4/c1-17(2)15-22(23(28)26-27(16-18(3)4)24(29)19(5)6)21(25(30)31)14-10-13-20-11-8-7-9-12-20/h7-13,17-19,21-22H,14-16H2,1-6H3,(H,26,28)(H,30,31)/t21-,22+/m0/s1. The maximum Gasteiger partial charge on any atom is 0.307 e. The summed E-state index contributed by atoms with van der Waals surface area (Å²) in [5.74, 6) is -3.20. The zero-order valence-corrected chi connectivity index (χ0v) is 19.7. The van der Waals surface area contributed by atoms with Crippen LogP contribution in [0, 0.1) is 29.6 Å². The zero-order valence-electron chi connectivity index (χ0n) is 19.7. The monoisotopic (exact) mass is 430 g/mol. The van der Waals surface area contributed by atoms with Gasteiger partial charge in [0.05, 0.1) is 11.8 Å². The molecule has 1 aromatic carbocycles. The number of amides is 2. The molecule has 0 unspecified atom stereocenters. The predicted octanol–water partition coefficient (Wildman–Crippen LogP) is 4.62. The molecule has 6 heteroatoms. The number of hydrazine groups is 1. The topological polar surface area (TPSA) is 86.7 Å². The number of carbonyl (C=O) groups excluding carboxylic acids is 2. The van der Waals surface area contributed by atoms with Crippen molar-refractivity contribution in [2.75, 3.05) is 6.54 Å². The van der Waals surface area contributed by atoms with Crippen LogP contribution in [0.3, 0.4) is 0 Å². The molecule has 0 aliphatic carbocycles. The summed E-state index contributed by atoms with van der Waals surface area (Å²) < 4.78 is 0. The summed E-state index contributed by atoms with van der Waals surface area (Å²) in [6.07, 6.45) is 4.33. The molecule has 0 aliphatic heterocycles. The summed E-state index contributed by atoms with van der Waals surface area (Å²) in [5, 5.41) is 11.2. The maximum atomic E-state index is 13.2. The molecule has 1 rings (SSSR count). The Balaban J connectivity index is 3.06. The van der Waals surface area contributed by atoms with E-state index < -0.39 is 23.7 Å². The molecule has 2 N–H and O–H groups in total. The van der Waals surface area contributed by atoms with Crippen LogP contribution in [-0.2, 0) is 14.4 Å². The summed E-state index contributed by atoms with van der Waals surface area (Å²) in [5.41, 5.74) is 3.71. The molecule has 2 amide bonds. The third-order valence-electron chi connectivity index (χ3n) is 4.92. The van der Waals surface area contributed by atoms with Crippen LogP contribution in [0.25, 0.3) is 6.08 Å². The van der Waals surface area contributed by atoms with Crippen molar-refractivity contribution in [1.29, 1.82) is 0 Å². The molecular weight excluding hydrogens is 392 g/mol. The first-order valence-electron chi connectivity index (χ1n) is 11.1. The van der Waals surface area contributed by atoms with Crippen molar-refractivity contribution in [2.45, 2.75) is 54.4 Å². The number of rotatable bonds is 11. The minimum atomic E-state index is -1.01. The first-order chi connectivity index (χ1) is 14.5. The van der Waals surface area contributed by atoms with Crippen molar-refractivity contribution in [1.82, 2.24) is 10.4 Å². The molecule has 2 atom stereocenters. The van der Waals surface area contributed by atoms with Gasteiger partial charge < -0.3 is 5.11 Å². The van der Waals surface area contributed by atoms with Crippen LogP contribution in [0.5, 0.6) is 0 Å². The molecule has 0 heterocycles. The summed E-state index contributed by atoms with van der Waals surface area (Å²) in [4.78, 5) is 37.8. The number of allylic oxidation sites excluding steroid dienone is 1. The van der Waals surface area contributed by atoms with Gasteiger partial charge in [-0.1, -0.05) is 84.0 Å². The summed E-state index contributed by atoms with van der Waals surface area (Å²) in [6, 6.07) is 9.62. The average Bonchev–Trinajstić information content (AvgIpc) is 2.68. The first-order valence-corrected chi connectivity index (χ1v) is 11.1.